The summed E-state index contributed by atoms with van der Waals surface area (Å²) in [6.45, 7) is 6.69. The molecule has 0 aromatic rings. The zero-order valence-electron chi connectivity index (χ0n) is 4.67. The Hall–Kier alpha value is -0.600. The minimum atomic E-state index is -0.465. The third-order valence-corrected chi connectivity index (χ3v) is 0.805. The van der Waals surface area contributed by atoms with Crippen molar-refractivity contribution in [3.63, 3.8) is 0 Å². The van der Waals surface area contributed by atoms with E-state index in [0.29, 0.717) is 0 Å². The van der Waals surface area contributed by atoms with Crippen molar-refractivity contribution in [2.45, 2.75) is 6.04 Å². The second kappa shape index (κ2) is 3.41. The molecule has 1 unspecified atom stereocenters. The first kappa shape index (κ1) is 7.40. The van der Waals surface area contributed by atoms with E-state index in [1.54, 1.807) is 0 Å². The maximum Gasteiger partial charge on any atom is 0.135 e. The maximum atomic E-state index is 8.73. The predicted molar refractivity (Wildman–Crippen MR) is 33.5 cm³/mol. The lowest BCUT2D eigenvalue weighted by Gasteiger charge is -2.06. The van der Waals surface area contributed by atoms with Crippen molar-refractivity contribution >= 4 is 0 Å². The molecule has 0 aliphatic carbocycles. The normalized spacial score (nSPS) is 13.4. The molecule has 2 heteroatoms. The first-order valence-corrected chi connectivity index (χ1v) is 2.28. The van der Waals surface area contributed by atoms with Gasteiger partial charge in [0.15, 0.2) is 0 Å². The molecule has 0 aliphatic heterocycles. The third kappa shape index (κ3) is 1.91. The molecule has 1 atom stereocenters. The average molecular weight is 112 g/mol. The van der Waals surface area contributed by atoms with E-state index in [9.17, 15) is 0 Å². The minimum Gasteiger partial charge on any atom is -0.380 e. The molecule has 8 heavy (non-hydrogen) atoms. The fourth-order valence-electron chi connectivity index (χ4n) is 0.257. The molecule has 0 bridgehead atoms. The van der Waals surface area contributed by atoms with Gasteiger partial charge in [0.25, 0.3) is 0 Å². The quantitative estimate of drug-likeness (QED) is 0.525. The van der Waals surface area contributed by atoms with Gasteiger partial charge >= 0.3 is 0 Å². The van der Waals surface area contributed by atoms with E-state index in [2.05, 4.69) is 13.2 Å². The van der Waals surface area contributed by atoms with Crippen LogP contribution in [0.4, 0.5) is 0 Å². The van der Waals surface area contributed by atoms with E-state index in [-0.39, 0.29) is 6.10 Å². The molecule has 0 rings (SSSR count). The topological polar surface area (TPSA) is 46.2 Å². The van der Waals surface area contributed by atoms with E-state index >= 15 is 0 Å². The summed E-state index contributed by atoms with van der Waals surface area (Å²) in [7, 11) is 0. The fraction of sp³-hybridized carbons (Fsp3) is 0.167. The Morgan fingerprint density at radius 2 is 2.12 bits per heavy atom. The third-order valence-electron chi connectivity index (χ3n) is 0.805. The number of nitrogens with two attached hydrogens (primary N) is 1. The number of rotatable bonds is 3. The van der Waals surface area contributed by atoms with Crippen LogP contribution in [0.1, 0.15) is 0 Å². The van der Waals surface area contributed by atoms with Crippen LogP contribution in [0.2, 0.25) is 0 Å². The SMILES string of the molecule is C=C[C](O)C(N)C=C. The largest absolute Gasteiger partial charge is 0.380 e. The summed E-state index contributed by atoms with van der Waals surface area (Å²) in [5.74, 6) is 0. The van der Waals surface area contributed by atoms with Crippen LogP contribution >= 0.6 is 0 Å². The Morgan fingerprint density at radius 1 is 1.62 bits per heavy atom. The van der Waals surface area contributed by atoms with Crippen LogP contribution in [0.3, 0.4) is 0 Å². The molecule has 1 radical (unpaired) electrons. The van der Waals surface area contributed by atoms with Crippen molar-refractivity contribution in [3.05, 3.63) is 31.4 Å². The van der Waals surface area contributed by atoms with Gasteiger partial charge in [-0.15, -0.1) is 13.2 Å². The van der Waals surface area contributed by atoms with E-state index in [4.69, 9.17) is 10.8 Å². The van der Waals surface area contributed by atoms with Gasteiger partial charge in [0.1, 0.15) is 6.10 Å². The minimum absolute atomic E-state index is 0.0556. The number of hydrogen-bond donors (Lipinski definition) is 2. The smallest absolute Gasteiger partial charge is 0.135 e. The van der Waals surface area contributed by atoms with E-state index in [1.807, 2.05) is 0 Å². The van der Waals surface area contributed by atoms with Crippen molar-refractivity contribution in [2.24, 2.45) is 5.73 Å². The van der Waals surface area contributed by atoms with Gasteiger partial charge in [0, 0.05) is 0 Å². The highest BCUT2D eigenvalue weighted by Gasteiger charge is 2.05. The van der Waals surface area contributed by atoms with Gasteiger partial charge in [-0.05, 0) is 0 Å². The van der Waals surface area contributed by atoms with Crippen LogP contribution in [0.25, 0.3) is 0 Å². The van der Waals surface area contributed by atoms with Crippen LogP contribution in [-0.2, 0) is 0 Å². The fourth-order valence-corrected chi connectivity index (χ4v) is 0.257. The molecular weight excluding hydrogens is 102 g/mol. The van der Waals surface area contributed by atoms with Gasteiger partial charge in [-0.25, -0.2) is 0 Å². The van der Waals surface area contributed by atoms with Gasteiger partial charge in [-0.2, -0.15) is 0 Å². The second-order valence-electron chi connectivity index (χ2n) is 1.39. The monoisotopic (exact) mass is 112 g/mol. The van der Waals surface area contributed by atoms with Crippen molar-refractivity contribution in [1.29, 1.82) is 0 Å². The van der Waals surface area contributed by atoms with Crippen molar-refractivity contribution in [2.75, 3.05) is 0 Å². The van der Waals surface area contributed by atoms with Gasteiger partial charge in [-0.1, -0.05) is 12.2 Å². The summed E-state index contributed by atoms with van der Waals surface area (Å²) >= 11 is 0. The molecule has 0 spiro atoms. The van der Waals surface area contributed by atoms with Crippen LogP contribution in [0.5, 0.6) is 0 Å². The lowest BCUT2D eigenvalue weighted by molar-refractivity contribution is 0.315. The Bertz CT molecular complexity index is 78.5. The molecule has 0 amide bonds. The van der Waals surface area contributed by atoms with Gasteiger partial charge in [0.05, 0.1) is 6.04 Å². The highest BCUT2D eigenvalue weighted by Crippen LogP contribution is 1.99. The highest BCUT2D eigenvalue weighted by atomic mass is 16.3. The zero-order chi connectivity index (χ0) is 6.57. The highest BCUT2D eigenvalue weighted by molar-refractivity contribution is 5.10. The Balaban J connectivity index is 3.60. The Labute approximate surface area is 49.3 Å². The zero-order valence-corrected chi connectivity index (χ0v) is 4.67. The summed E-state index contributed by atoms with van der Waals surface area (Å²) in [5.41, 5.74) is 5.25. The van der Waals surface area contributed by atoms with Gasteiger partial charge in [0.2, 0.25) is 0 Å². The molecule has 0 aromatic heterocycles. The standard InChI is InChI=1S/C6H10NO/c1-3-5(7)6(8)4-2/h3-5,8H,1-2,7H2. The molecule has 45 valence electrons. The predicted octanol–water partition coefficient (Wildman–Crippen LogP) is 0.590. The van der Waals surface area contributed by atoms with Crippen LogP contribution < -0.4 is 5.73 Å². The lowest BCUT2D eigenvalue weighted by Crippen LogP contribution is -2.23. The average Bonchev–Trinajstić information content (AvgIpc) is 1.84. The molecule has 0 fully saturated rings. The molecule has 3 N–H and O–H groups in total. The van der Waals surface area contributed by atoms with Crippen molar-refractivity contribution in [1.82, 2.24) is 0 Å². The van der Waals surface area contributed by atoms with Gasteiger partial charge in [-0.3, -0.25) is 0 Å². The first-order chi connectivity index (χ1) is 3.72. The second-order valence-corrected chi connectivity index (χ2v) is 1.39. The molecule has 0 aromatic carbocycles. The molecule has 2 nitrogen and oxygen atoms in total. The number of aliphatic hydroxyl groups is 1. The summed E-state index contributed by atoms with van der Waals surface area (Å²) in [6, 6.07) is -0.465. The number of hydrogen-bond acceptors (Lipinski definition) is 2. The first-order valence-electron chi connectivity index (χ1n) is 2.28. The number of aliphatic hydroxyl groups excluding tert-OH is 1. The lowest BCUT2D eigenvalue weighted by atomic mass is 10.2. The van der Waals surface area contributed by atoms with E-state index in [1.165, 1.54) is 12.2 Å². The van der Waals surface area contributed by atoms with Crippen LogP contribution in [-0.4, -0.2) is 11.1 Å². The summed E-state index contributed by atoms with van der Waals surface area (Å²) in [6.07, 6.45) is 2.80. The van der Waals surface area contributed by atoms with Crippen molar-refractivity contribution < 1.29 is 5.11 Å². The molecule has 0 saturated heterocycles. The Kier molecular flexibility index (Phi) is 3.15. The van der Waals surface area contributed by atoms with E-state index < -0.39 is 6.04 Å². The summed E-state index contributed by atoms with van der Waals surface area (Å²) in [5, 5.41) is 8.73. The van der Waals surface area contributed by atoms with Crippen molar-refractivity contribution in [3.8, 4) is 0 Å². The maximum absolute atomic E-state index is 8.73. The van der Waals surface area contributed by atoms with Crippen LogP contribution in [0, 0.1) is 6.10 Å². The molecule has 0 heterocycles. The Morgan fingerprint density at radius 3 is 2.25 bits per heavy atom. The molecule has 0 saturated carbocycles. The van der Waals surface area contributed by atoms with Gasteiger partial charge < -0.3 is 10.8 Å². The van der Waals surface area contributed by atoms with E-state index in [0.717, 1.165) is 0 Å². The molecule has 0 aliphatic rings. The summed E-state index contributed by atoms with van der Waals surface area (Å²) in [4.78, 5) is 0. The van der Waals surface area contributed by atoms with Crippen LogP contribution in [0.15, 0.2) is 25.3 Å². The summed E-state index contributed by atoms with van der Waals surface area (Å²) < 4.78 is 0. The molecular formula is C6H10NO.